The Balaban J connectivity index is 1.94. The second kappa shape index (κ2) is 6.04. The van der Waals surface area contributed by atoms with Gasteiger partial charge in [-0.25, -0.2) is 5.43 Å². The molecule has 7 heteroatoms. The minimum absolute atomic E-state index is 0.189. The van der Waals surface area contributed by atoms with Gasteiger partial charge in [0.25, 0.3) is 5.56 Å². The molecule has 0 aliphatic carbocycles. The van der Waals surface area contributed by atoms with E-state index in [1.807, 2.05) is 31.2 Å². The predicted molar refractivity (Wildman–Crippen MR) is 88.8 cm³/mol. The molecule has 0 saturated heterocycles. The molecule has 0 spiro atoms. The summed E-state index contributed by atoms with van der Waals surface area (Å²) < 4.78 is 5.90. The molecule has 1 aromatic carbocycles. The molecule has 118 valence electrons. The van der Waals surface area contributed by atoms with E-state index >= 15 is 0 Å². The fraction of sp³-hybridized carbons (Fsp3) is 0.250. The SMILES string of the molecule is CCc1c(/C(C)=N\Nc2nnc(C)c(=O)[nH]2)oc2ccccc12. The molecule has 3 aromatic rings. The third-order valence-electron chi connectivity index (χ3n) is 3.57. The number of hydrogen-bond acceptors (Lipinski definition) is 6. The van der Waals surface area contributed by atoms with E-state index in [2.05, 4.69) is 32.6 Å². The maximum Gasteiger partial charge on any atom is 0.274 e. The highest BCUT2D eigenvalue weighted by atomic mass is 16.3. The number of fused-ring (bicyclic) bond motifs is 1. The van der Waals surface area contributed by atoms with Gasteiger partial charge in [-0.1, -0.05) is 25.1 Å². The van der Waals surface area contributed by atoms with Crippen LogP contribution in [0, 0.1) is 6.92 Å². The Bertz CT molecular complexity index is 939. The van der Waals surface area contributed by atoms with Gasteiger partial charge in [-0.05, 0) is 26.3 Å². The van der Waals surface area contributed by atoms with Gasteiger partial charge in [0.15, 0.2) is 5.76 Å². The molecule has 0 unspecified atom stereocenters. The van der Waals surface area contributed by atoms with E-state index in [4.69, 9.17) is 4.42 Å². The summed E-state index contributed by atoms with van der Waals surface area (Å²) in [5.41, 5.74) is 5.32. The monoisotopic (exact) mass is 311 g/mol. The fourth-order valence-electron chi connectivity index (χ4n) is 2.37. The molecule has 0 aliphatic rings. The Morgan fingerprint density at radius 3 is 2.87 bits per heavy atom. The van der Waals surface area contributed by atoms with Crippen molar-refractivity contribution in [3.8, 4) is 0 Å². The van der Waals surface area contributed by atoms with Crippen LogP contribution >= 0.6 is 0 Å². The minimum Gasteiger partial charge on any atom is -0.454 e. The van der Waals surface area contributed by atoms with E-state index < -0.39 is 0 Å². The normalized spacial score (nSPS) is 11.9. The molecular formula is C16H17N5O2. The average Bonchev–Trinajstić information content (AvgIpc) is 2.94. The van der Waals surface area contributed by atoms with E-state index in [9.17, 15) is 4.79 Å². The van der Waals surface area contributed by atoms with Gasteiger partial charge in [0, 0.05) is 10.9 Å². The highest BCUT2D eigenvalue weighted by Crippen LogP contribution is 2.26. The first-order valence-corrected chi connectivity index (χ1v) is 7.34. The number of nitrogens with one attached hydrogen (secondary N) is 2. The van der Waals surface area contributed by atoms with Crippen molar-refractivity contribution in [3.63, 3.8) is 0 Å². The van der Waals surface area contributed by atoms with Crippen LogP contribution in [0.2, 0.25) is 0 Å². The average molecular weight is 311 g/mol. The molecule has 2 aromatic heterocycles. The van der Waals surface area contributed by atoms with Crippen molar-refractivity contribution in [2.24, 2.45) is 5.10 Å². The van der Waals surface area contributed by atoms with Gasteiger partial charge in [0.1, 0.15) is 17.0 Å². The molecular weight excluding hydrogens is 294 g/mol. The minimum atomic E-state index is -0.298. The molecule has 0 bridgehead atoms. The van der Waals surface area contributed by atoms with E-state index in [0.29, 0.717) is 11.4 Å². The van der Waals surface area contributed by atoms with Gasteiger partial charge in [0.2, 0.25) is 5.95 Å². The first kappa shape index (κ1) is 15.0. The third-order valence-corrected chi connectivity index (χ3v) is 3.57. The first-order chi connectivity index (χ1) is 11.1. The quantitative estimate of drug-likeness (QED) is 0.570. The Kier molecular flexibility index (Phi) is 3.92. The lowest BCUT2D eigenvalue weighted by Crippen LogP contribution is -2.16. The van der Waals surface area contributed by atoms with Crippen molar-refractivity contribution in [3.05, 3.63) is 51.6 Å². The van der Waals surface area contributed by atoms with Crippen molar-refractivity contribution >= 4 is 22.6 Å². The van der Waals surface area contributed by atoms with Crippen molar-refractivity contribution in [2.75, 3.05) is 5.43 Å². The fourth-order valence-corrected chi connectivity index (χ4v) is 2.37. The highest BCUT2D eigenvalue weighted by molar-refractivity contribution is 6.02. The van der Waals surface area contributed by atoms with Crippen molar-refractivity contribution in [2.45, 2.75) is 27.2 Å². The number of rotatable bonds is 4. The number of aromatic nitrogens is 3. The number of aryl methyl sites for hydroxylation is 2. The zero-order valence-corrected chi connectivity index (χ0v) is 13.2. The zero-order valence-electron chi connectivity index (χ0n) is 13.2. The molecule has 0 aliphatic heterocycles. The summed E-state index contributed by atoms with van der Waals surface area (Å²) >= 11 is 0. The lowest BCUT2D eigenvalue weighted by atomic mass is 10.1. The molecule has 0 atom stereocenters. The van der Waals surface area contributed by atoms with Gasteiger partial charge in [0.05, 0.1) is 0 Å². The molecule has 7 nitrogen and oxygen atoms in total. The van der Waals surface area contributed by atoms with Crippen molar-refractivity contribution < 1.29 is 4.42 Å². The number of furan rings is 1. The van der Waals surface area contributed by atoms with E-state index in [-0.39, 0.29) is 11.5 Å². The molecule has 0 radical (unpaired) electrons. The Morgan fingerprint density at radius 2 is 2.13 bits per heavy atom. The molecule has 0 saturated carbocycles. The smallest absolute Gasteiger partial charge is 0.274 e. The second-order valence-electron chi connectivity index (χ2n) is 5.16. The van der Waals surface area contributed by atoms with Crippen LogP contribution in [-0.2, 0) is 6.42 Å². The van der Waals surface area contributed by atoms with E-state index in [1.165, 1.54) is 0 Å². The summed E-state index contributed by atoms with van der Waals surface area (Å²) in [7, 11) is 0. The van der Waals surface area contributed by atoms with Crippen LogP contribution in [0.5, 0.6) is 0 Å². The number of nitrogens with zero attached hydrogens (tertiary/aromatic N) is 3. The van der Waals surface area contributed by atoms with Gasteiger partial charge in [-0.15, -0.1) is 10.2 Å². The largest absolute Gasteiger partial charge is 0.454 e. The molecule has 23 heavy (non-hydrogen) atoms. The van der Waals surface area contributed by atoms with Crippen LogP contribution in [0.15, 0.2) is 38.6 Å². The molecule has 2 N–H and O–H groups in total. The Labute approximate surface area is 132 Å². The van der Waals surface area contributed by atoms with Crippen LogP contribution in [0.4, 0.5) is 5.95 Å². The maximum atomic E-state index is 11.5. The Hall–Kier alpha value is -2.96. The number of hydrogen-bond donors (Lipinski definition) is 2. The summed E-state index contributed by atoms with van der Waals surface area (Å²) in [4.78, 5) is 14.1. The number of benzene rings is 1. The number of para-hydroxylation sites is 1. The zero-order chi connectivity index (χ0) is 16.4. The summed E-state index contributed by atoms with van der Waals surface area (Å²) in [5.74, 6) is 0.915. The molecule has 3 rings (SSSR count). The predicted octanol–water partition coefficient (Wildman–Crippen LogP) is 2.62. The van der Waals surface area contributed by atoms with Gasteiger partial charge in [-0.3, -0.25) is 9.78 Å². The first-order valence-electron chi connectivity index (χ1n) is 7.34. The summed E-state index contributed by atoms with van der Waals surface area (Å²) in [6.07, 6.45) is 0.834. The standard InChI is InChI=1S/C16H17N5O2/c1-4-11-12-7-5-6-8-13(12)23-14(11)9(2)18-20-16-17-15(22)10(3)19-21-16/h5-8H,4H2,1-3H3,(H2,17,20,21,22)/b18-9-. The Morgan fingerprint density at radius 1 is 1.35 bits per heavy atom. The molecule has 2 heterocycles. The lowest BCUT2D eigenvalue weighted by molar-refractivity contribution is 0.599. The van der Waals surface area contributed by atoms with Crippen LogP contribution in [0.1, 0.15) is 30.9 Å². The number of H-pyrrole nitrogens is 1. The van der Waals surface area contributed by atoms with Crippen LogP contribution in [0.3, 0.4) is 0 Å². The third kappa shape index (κ3) is 2.85. The van der Waals surface area contributed by atoms with Gasteiger partial charge in [-0.2, -0.15) is 5.10 Å². The highest BCUT2D eigenvalue weighted by Gasteiger charge is 2.14. The van der Waals surface area contributed by atoms with Crippen molar-refractivity contribution in [1.29, 1.82) is 0 Å². The van der Waals surface area contributed by atoms with Crippen LogP contribution < -0.4 is 11.0 Å². The van der Waals surface area contributed by atoms with Crippen LogP contribution in [-0.4, -0.2) is 20.9 Å². The molecule has 0 fully saturated rings. The summed E-state index contributed by atoms with van der Waals surface area (Å²) in [6, 6.07) is 7.89. The maximum absolute atomic E-state index is 11.5. The topological polar surface area (TPSA) is 96.2 Å². The second-order valence-corrected chi connectivity index (χ2v) is 5.16. The van der Waals surface area contributed by atoms with Crippen molar-refractivity contribution in [1.82, 2.24) is 15.2 Å². The lowest BCUT2D eigenvalue weighted by Gasteiger charge is -2.02. The number of aromatic amines is 1. The van der Waals surface area contributed by atoms with Gasteiger partial charge >= 0.3 is 0 Å². The van der Waals surface area contributed by atoms with Crippen LogP contribution in [0.25, 0.3) is 11.0 Å². The van der Waals surface area contributed by atoms with E-state index in [0.717, 1.165) is 28.7 Å². The summed E-state index contributed by atoms with van der Waals surface area (Å²) in [5, 5.41) is 12.9. The molecule has 0 amide bonds. The van der Waals surface area contributed by atoms with Gasteiger partial charge < -0.3 is 4.42 Å². The summed E-state index contributed by atoms with van der Waals surface area (Å²) in [6.45, 7) is 5.50. The number of anilines is 1. The van der Waals surface area contributed by atoms with E-state index in [1.54, 1.807) is 6.92 Å². The number of hydrazone groups is 1.